The van der Waals surface area contributed by atoms with Gasteiger partial charge in [0, 0.05) is 13.1 Å². The van der Waals surface area contributed by atoms with E-state index in [2.05, 4.69) is 4.98 Å². The van der Waals surface area contributed by atoms with Gasteiger partial charge in [0.2, 0.25) is 5.91 Å². The average molecular weight is 300 g/mol. The Morgan fingerprint density at radius 1 is 1.37 bits per heavy atom. The van der Waals surface area contributed by atoms with E-state index in [1.165, 1.54) is 18.2 Å². The molecule has 1 aliphatic rings. The van der Waals surface area contributed by atoms with Crippen LogP contribution in [0.2, 0.25) is 0 Å². The highest BCUT2D eigenvalue weighted by Gasteiger charge is 2.19. The molecule has 1 aromatic heterocycles. The van der Waals surface area contributed by atoms with Crippen molar-refractivity contribution in [3.63, 3.8) is 0 Å². The van der Waals surface area contributed by atoms with Gasteiger partial charge in [-0.2, -0.15) is 0 Å². The summed E-state index contributed by atoms with van der Waals surface area (Å²) in [6, 6.07) is 0. The fraction of sp³-hybridized carbons (Fsp3) is 0.583. The highest BCUT2D eigenvalue weighted by atomic mass is 32.2. The predicted molar refractivity (Wildman–Crippen MR) is 75.0 cm³/mol. The monoisotopic (exact) mass is 300 g/mol. The predicted octanol–water partition coefficient (Wildman–Crippen LogP) is 2.25. The molecule has 1 fully saturated rings. The van der Waals surface area contributed by atoms with Gasteiger partial charge in [-0.1, -0.05) is 11.8 Å². The first-order valence-electron chi connectivity index (χ1n) is 6.19. The molecule has 1 aliphatic heterocycles. The van der Waals surface area contributed by atoms with Gasteiger partial charge in [0.25, 0.3) is 0 Å². The minimum atomic E-state index is -0.954. The molecule has 0 saturated carbocycles. The molecule has 1 amide bonds. The van der Waals surface area contributed by atoms with Crippen LogP contribution in [0.5, 0.6) is 0 Å². The van der Waals surface area contributed by atoms with Gasteiger partial charge in [-0.25, -0.2) is 9.78 Å². The van der Waals surface area contributed by atoms with Gasteiger partial charge >= 0.3 is 5.97 Å². The number of amides is 1. The van der Waals surface area contributed by atoms with Crippen LogP contribution in [-0.2, 0) is 4.79 Å². The number of hydrogen-bond donors (Lipinski definition) is 1. The number of carbonyl (C=O) groups is 2. The van der Waals surface area contributed by atoms with Gasteiger partial charge in [0.15, 0.2) is 4.34 Å². The van der Waals surface area contributed by atoms with Crippen molar-refractivity contribution in [3.8, 4) is 0 Å². The van der Waals surface area contributed by atoms with E-state index < -0.39 is 5.97 Å². The third-order valence-corrected chi connectivity index (χ3v) is 5.27. The van der Waals surface area contributed by atoms with Crippen LogP contribution in [0.4, 0.5) is 0 Å². The number of thiazole rings is 1. The second-order valence-corrected chi connectivity index (χ2v) is 6.65. The maximum Gasteiger partial charge on any atom is 0.347 e. The molecule has 0 aliphatic carbocycles. The molecule has 104 valence electrons. The number of carboxylic acid groups (broad SMARTS) is 1. The summed E-state index contributed by atoms with van der Waals surface area (Å²) < 4.78 is 0.653. The van der Waals surface area contributed by atoms with Gasteiger partial charge in [-0.3, -0.25) is 4.79 Å². The van der Waals surface area contributed by atoms with Crippen molar-refractivity contribution in [2.45, 2.75) is 30.5 Å². The number of nitrogens with zero attached hydrogens (tertiary/aromatic N) is 2. The van der Waals surface area contributed by atoms with Gasteiger partial charge in [0.05, 0.1) is 11.4 Å². The zero-order valence-electron chi connectivity index (χ0n) is 10.7. The Labute approximate surface area is 120 Å². The van der Waals surface area contributed by atoms with Crippen molar-refractivity contribution in [1.29, 1.82) is 0 Å². The summed E-state index contributed by atoms with van der Waals surface area (Å²) in [6.07, 6.45) is 3.36. The van der Waals surface area contributed by atoms with Crippen molar-refractivity contribution < 1.29 is 14.7 Å². The number of aromatic nitrogens is 1. The van der Waals surface area contributed by atoms with E-state index in [0.717, 1.165) is 37.3 Å². The Morgan fingerprint density at radius 2 is 2.05 bits per heavy atom. The van der Waals surface area contributed by atoms with E-state index in [1.54, 1.807) is 6.92 Å². The van der Waals surface area contributed by atoms with Crippen molar-refractivity contribution in [1.82, 2.24) is 9.88 Å². The lowest BCUT2D eigenvalue weighted by Crippen LogP contribution is -2.36. The van der Waals surface area contributed by atoms with Crippen LogP contribution in [0.1, 0.15) is 34.6 Å². The number of hydrogen-bond acceptors (Lipinski definition) is 5. The summed E-state index contributed by atoms with van der Waals surface area (Å²) in [5.41, 5.74) is 0.519. The van der Waals surface area contributed by atoms with E-state index in [-0.39, 0.29) is 10.8 Å². The quantitative estimate of drug-likeness (QED) is 0.864. The third-order valence-electron chi connectivity index (χ3n) is 3.00. The third kappa shape index (κ3) is 3.70. The Morgan fingerprint density at radius 3 is 2.63 bits per heavy atom. The normalized spacial score (nSPS) is 15.5. The first-order valence-corrected chi connectivity index (χ1v) is 7.99. The Bertz CT molecular complexity index is 481. The molecule has 0 radical (unpaired) electrons. The zero-order chi connectivity index (χ0) is 13.8. The molecule has 0 bridgehead atoms. The van der Waals surface area contributed by atoms with Crippen LogP contribution in [-0.4, -0.2) is 45.7 Å². The Kier molecular flexibility index (Phi) is 4.81. The van der Waals surface area contributed by atoms with Crippen molar-refractivity contribution in [3.05, 3.63) is 10.6 Å². The van der Waals surface area contributed by atoms with E-state index in [4.69, 9.17) is 5.11 Å². The largest absolute Gasteiger partial charge is 0.477 e. The molecule has 7 heteroatoms. The summed E-state index contributed by atoms with van der Waals surface area (Å²) in [6.45, 7) is 3.36. The molecule has 19 heavy (non-hydrogen) atoms. The lowest BCUT2D eigenvalue weighted by Gasteiger charge is -2.26. The molecule has 1 saturated heterocycles. The molecule has 1 N–H and O–H groups in total. The van der Waals surface area contributed by atoms with E-state index in [0.29, 0.717) is 15.8 Å². The SMILES string of the molecule is Cc1nc(SCC(=O)N2CCCCC2)sc1C(=O)O. The number of likely N-dealkylation sites (tertiary alicyclic amines) is 1. The molecule has 2 heterocycles. The van der Waals surface area contributed by atoms with Gasteiger partial charge in [-0.15, -0.1) is 11.3 Å². The summed E-state index contributed by atoms with van der Waals surface area (Å²) in [5, 5.41) is 8.95. The van der Waals surface area contributed by atoms with Crippen LogP contribution >= 0.6 is 23.1 Å². The lowest BCUT2D eigenvalue weighted by atomic mass is 10.1. The maximum absolute atomic E-state index is 12.0. The zero-order valence-corrected chi connectivity index (χ0v) is 12.4. The molecule has 5 nitrogen and oxygen atoms in total. The fourth-order valence-electron chi connectivity index (χ4n) is 1.99. The summed E-state index contributed by atoms with van der Waals surface area (Å²) in [5.74, 6) is -0.495. The summed E-state index contributed by atoms with van der Waals surface area (Å²) in [7, 11) is 0. The Balaban J connectivity index is 1.89. The van der Waals surface area contributed by atoms with E-state index >= 15 is 0 Å². The van der Waals surface area contributed by atoms with Crippen LogP contribution in [0.15, 0.2) is 4.34 Å². The smallest absolute Gasteiger partial charge is 0.347 e. The number of aromatic carboxylic acids is 1. The molecule has 0 spiro atoms. The maximum atomic E-state index is 12.0. The fourth-order valence-corrected chi connectivity index (χ4v) is 3.92. The number of aryl methyl sites for hydroxylation is 1. The highest BCUT2D eigenvalue weighted by molar-refractivity contribution is 8.01. The number of rotatable bonds is 4. The first-order chi connectivity index (χ1) is 9.08. The van der Waals surface area contributed by atoms with Crippen LogP contribution in [0, 0.1) is 6.92 Å². The molecular formula is C12H16N2O3S2. The van der Waals surface area contributed by atoms with Crippen molar-refractivity contribution in [2.24, 2.45) is 0 Å². The minimum absolute atomic E-state index is 0.120. The molecule has 0 aromatic carbocycles. The number of piperidine rings is 1. The highest BCUT2D eigenvalue weighted by Crippen LogP contribution is 2.27. The molecular weight excluding hydrogens is 284 g/mol. The second kappa shape index (κ2) is 6.38. The Hall–Kier alpha value is -1.08. The van der Waals surface area contributed by atoms with Crippen LogP contribution in [0.25, 0.3) is 0 Å². The minimum Gasteiger partial charge on any atom is -0.477 e. The standard InChI is InChI=1S/C12H16N2O3S2/c1-8-10(11(16)17)19-12(13-8)18-7-9(15)14-5-3-2-4-6-14/h2-7H2,1H3,(H,16,17). The number of carboxylic acids is 1. The van der Waals surface area contributed by atoms with Crippen molar-refractivity contribution >= 4 is 35.0 Å². The molecule has 2 rings (SSSR count). The van der Waals surface area contributed by atoms with E-state index in [1.807, 2.05) is 4.90 Å². The van der Waals surface area contributed by atoms with Gasteiger partial charge in [-0.05, 0) is 26.2 Å². The molecule has 0 atom stereocenters. The second-order valence-electron chi connectivity index (χ2n) is 4.43. The van der Waals surface area contributed by atoms with E-state index in [9.17, 15) is 9.59 Å². The van der Waals surface area contributed by atoms with Gasteiger partial charge < -0.3 is 10.0 Å². The molecule has 0 unspecified atom stereocenters. The lowest BCUT2D eigenvalue weighted by molar-refractivity contribution is -0.129. The van der Waals surface area contributed by atoms with Gasteiger partial charge in [0.1, 0.15) is 4.88 Å². The van der Waals surface area contributed by atoms with Crippen LogP contribution in [0.3, 0.4) is 0 Å². The van der Waals surface area contributed by atoms with Crippen molar-refractivity contribution in [2.75, 3.05) is 18.8 Å². The first kappa shape index (κ1) is 14.3. The summed E-state index contributed by atoms with van der Waals surface area (Å²) in [4.78, 5) is 29.2. The topological polar surface area (TPSA) is 70.5 Å². The molecule has 1 aromatic rings. The number of carbonyl (C=O) groups excluding carboxylic acids is 1. The van der Waals surface area contributed by atoms with Crippen LogP contribution < -0.4 is 0 Å². The number of thioether (sulfide) groups is 1. The summed E-state index contributed by atoms with van der Waals surface area (Å²) >= 11 is 2.47. The average Bonchev–Trinajstić information content (AvgIpc) is 2.78.